The van der Waals surface area contributed by atoms with Crippen molar-refractivity contribution in [3.05, 3.63) is 68.6 Å². The van der Waals surface area contributed by atoms with E-state index in [1.807, 2.05) is 39.0 Å². The molecule has 0 radical (unpaired) electrons. The van der Waals surface area contributed by atoms with E-state index in [9.17, 15) is 19.2 Å². The molecular formula is C27H34N4O5. The van der Waals surface area contributed by atoms with Crippen LogP contribution in [0.3, 0.4) is 0 Å². The molecule has 9 heteroatoms. The Balaban J connectivity index is 1.56. The summed E-state index contributed by atoms with van der Waals surface area (Å²) < 4.78 is 6.94. The number of carbonyl (C=O) groups excluding carboxylic acids is 3. The van der Waals surface area contributed by atoms with Crippen LogP contribution in [0, 0.1) is 0 Å². The first-order valence-electron chi connectivity index (χ1n) is 12.4. The number of nitrogens with zero attached hydrogens (tertiary/aromatic N) is 2. The highest BCUT2D eigenvalue weighted by atomic mass is 16.6. The number of benzene rings is 1. The van der Waals surface area contributed by atoms with Gasteiger partial charge in [-0.25, -0.2) is 4.79 Å². The summed E-state index contributed by atoms with van der Waals surface area (Å²) in [5.41, 5.74) is 2.36. The molecule has 1 aromatic carbocycles. The van der Waals surface area contributed by atoms with E-state index in [2.05, 4.69) is 10.6 Å². The first-order chi connectivity index (χ1) is 17.0. The van der Waals surface area contributed by atoms with Gasteiger partial charge in [-0.2, -0.15) is 0 Å². The lowest BCUT2D eigenvalue weighted by atomic mass is 10.00. The fourth-order valence-electron chi connectivity index (χ4n) is 4.25. The predicted octanol–water partition coefficient (Wildman–Crippen LogP) is 2.48. The van der Waals surface area contributed by atoms with E-state index >= 15 is 0 Å². The second kappa shape index (κ2) is 10.2. The quantitative estimate of drug-likeness (QED) is 0.664. The molecule has 4 rings (SSSR count). The van der Waals surface area contributed by atoms with Crippen molar-refractivity contribution in [2.45, 2.75) is 64.6 Å². The van der Waals surface area contributed by atoms with E-state index in [1.54, 1.807) is 4.90 Å². The Morgan fingerprint density at radius 1 is 1.03 bits per heavy atom. The molecule has 1 fully saturated rings. The molecule has 192 valence electrons. The van der Waals surface area contributed by atoms with Gasteiger partial charge in [-0.05, 0) is 69.2 Å². The number of amides is 3. The molecule has 9 nitrogen and oxygen atoms in total. The van der Waals surface area contributed by atoms with Gasteiger partial charge in [0.25, 0.3) is 17.4 Å². The van der Waals surface area contributed by atoms with Gasteiger partial charge in [0.2, 0.25) is 0 Å². The highest BCUT2D eigenvalue weighted by Gasteiger charge is 2.26. The molecule has 0 spiro atoms. The van der Waals surface area contributed by atoms with Crippen molar-refractivity contribution < 1.29 is 19.1 Å². The summed E-state index contributed by atoms with van der Waals surface area (Å²) in [7, 11) is 1.45. The number of ether oxygens (including phenoxy) is 1. The molecule has 3 amide bonds. The van der Waals surface area contributed by atoms with Crippen LogP contribution in [0.2, 0.25) is 0 Å². The summed E-state index contributed by atoms with van der Waals surface area (Å²) in [5, 5.41) is 5.39. The predicted molar refractivity (Wildman–Crippen MR) is 135 cm³/mol. The van der Waals surface area contributed by atoms with Crippen molar-refractivity contribution in [1.29, 1.82) is 0 Å². The number of aromatic nitrogens is 1. The normalized spacial score (nSPS) is 15.5. The van der Waals surface area contributed by atoms with Gasteiger partial charge in [0, 0.05) is 32.4 Å². The van der Waals surface area contributed by atoms with E-state index in [1.165, 1.54) is 23.9 Å². The minimum Gasteiger partial charge on any atom is -0.444 e. The first kappa shape index (κ1) is 25.5. The maximum Gasteiger partial charge on any atom is 0.410 e. The van der Waals surface area contributed by atoms with Gasteiger partial charge in [-0.3, -0.25) is 14.4 Å². The molecule has 2 aromatic rings. The monoisotopic (exact) mass is 494 g/mol. The van der Waals surface area contributed by atoms with Crippen LogP contribution in [0.1, 0.15) is 71.0 Å². The standard InChI is InChI=1S/C27H34N4O5/c1-27(2,3)36-26(35)30-11-9-18-6-5-17(13-19(18)10-12-30)15-31-16-20(23(32)29-21-7-8-21)14-22(25(31)34)24(33)28-4/h5-6,13-14,16,21H,7-12,15H2,1-4H3,(H,28,33)(H,29,32). The summed E-state index contributed by atoms with van der Waals surface area (Å²) in [6.45, 7) is 6.90. The lowest BCUT2D eigenvalue weighted by molar-refractivity contribution is 0.0258. The van der Waals surface area contributed by atoms with Gasteiger partial charge in [0.1, 0.15) is 11.2 Å². The molecule has 1 aliphatic carbocycles. The molecule has 0 saturated heterocycles. The Bertz CT molecular complexity index is 1240. The van der Waals surface area contributed by atoms with Gasteiger partial charge < -0.3 is 24.8 Å². The van der Waals surface area contributed by atoms with Crippen LogP contribution in [0.4, 0.5) is 4.79 Å². The fourth-order valence-corrected chi connectivity index (χ4v) is 4.25. The number of hydrogen-bond donors (Lipinski definition) is 2. The lowest BCUT2D eigenvalue weighted by Crippen LogP contribution is -2.38. The van der Waals surface area contributed by atoms with Crippen LogP contribution >= 0.6 is 0 Å². The molecule has 2 aliphatic rings. The van der Waals surface area contributed by atoms with E-state index in [-0.39, 0.29) is 35.7 Å². The number of rotatable bonds is 5. The second-order valence-corrected chi connectivity index (χ2v) is 10.5. The molecule has 0 bridgehead atoms. The summed E-state index contributed by atoms with van der Waals surface area (Å²) >= 11 is 0. The molecule has 36 heavy (non-hydrogen) atoms. The third-order valence-electron chi connectivity index (χ3n) is 6.31. The van der Waals surface area contributed by atoms with E-state index < -0.39 is 17.1 Å². The smallest absolute Gasteiger partial charge is 0.410 e. The van der Waals surface area contributed by atoms with Gasteiger partial charge in [0.05, 0.1) is 12.1 Å². The topological polar surface area (TPSA) is 110 Å². The van der Waals surface area contributed by atoms with E-state index in [0.29, 0.717) is 25.9 Å². The Kier molecular flexibility index (Phi) is 7.19. The highest BCUT2D eigenvalue weighted by Crippen LogP contribution is 2.21. The first-order valence-corrected chi connectivity index (χ1v) is 12.4. The van der Waals surface area contributed by atoms with Crippen molar-refractivity contribution >= 4 is 17.9 Å². The van der Waals surface area contributed by atoms with Gasteiger partial charge in [-0.15, -0.1) is 0 Å². The third-order valence-corrected chi connectivity index (χ3v) is 6.31. The number of nitrogens with one attached hydrogen (secondary N) is 2. The average Bonchev–Trinajstić information content (AvgIpc) is 3.65. The molecule has 1 aromatic heterocycles. The summed E-state index contributed by atoms with van der Waals surface area (Å²) in [6.07, 6.45) is 4.46. The highest BCUT2D eigenvalue weighted by molar-refractivity contribution is 5.99. The average molecular weight is 495 g/mol. The van der Waals surface area contributed by atoms with Crippen molar-refractivity contribution in [3.8, 4) is 0 Å². The Labute approximate surface area is 210 Å². The number of carbonyl (C=O) groups is 3. The van der Waals surface area contributed by atoms with Crippen LogP contribution in [-0.2, 0) is 24.1 Å². The summed E-state index contributed by atoms with van der Waals surface area (Å²) in [5.74, 6) is -0.820. The van der Waals surface area contributed by atoms with Gasteiger partial charge >= 0.3 is 6.09 Å². The largest absolute Gasteiger partial charge is 0.444 e. The van der Waals surface area contributed by atoms with Crippen molar-refractivity contribution in [1.82, 2.24) is 20.1 Å². The van der Waals surface area contributed by atoms with Gasteiger partial charge in [-0.1, -0.05) is 18.2 Å². The maximum absolute atomic E-state index is 13.1. The van der Waals surface area contributed by atoms with Crippen molar-refractivity contribution in [2.75, 3.05) is 20.1 Å². The van der Waals surface area contributed by atoms with Crippen LogP contribution in [0.5, 0.6) is 0 Å². The fraction of sp³-hybridized carbons (Fsp3) is 0.481. The van der Waals surface area contributed by atoms with E-state index in [0.717, 1.165) is 29.5 Å². The number of fused-ring (bicyclic) bond motifs is 1. The van der Waals surface area contributed by atoms with Crippen LogP contribution in [0.15, 0.2) is 35.3 Å². The summed E-state index contributed by atoms with van der Waals surface area (Å²) in [4.78, 5) is 52.4. The Hall–Kier alpha value is -3.62. The van der Waals surface area contributed by atoms with Crippen molar-refractivity contribution in [2.24, 2.45) is 0 Å². The number of hydrogen-bond acceptors (Lipinski definition) is 5. The zero-order valence-corrected chi connectivity index (χ0v) is 21.3. The summed E-state index contributed by atoms with van der Waals surface area (Å²) in [6, 6.07) is 7.53. The molecule has 0 unspecified atom stereocenters. The van der Waals surface area contributed by atoms with Crippen LogP contribution < -0.4 is 16.2 Å². The molecule has 1 aliphatic heterocycles. The lowest BCUT2D eigenvalue weighted by Gasteiger charge is -2.26. The molecule has 2 N–H and O–H groups in total. The third kappa shape index (κ3) is 6.13. The van der Waals surface area contributed by atoms with Crippen molar-refractivity contribution in [3.63, 3.8) is 0 Å². The Morgan fingerprint density at radius 2 is 1.72 bits per heavy atom. The molecule has 2 heterocycles. The van der Waals surface area contributed by atoms with Crippen LogP contribution in [-0.4, -0.2) is 59.2 Å². The van der Waals surface area contributed by atoms with Crippen LogP contribution in [0.25, 0.3) is 0 Å². The van der Waals surface area contributed by atoms with Gasteiger partial charge in [0.15, 0.2) is 0 Å². The minimum absolute atomic E-state index is 0.0660. The molecular weight excluding hydrogens is 460 g/mol. The van der Waals surface area contributed by atoms with E-state index in [4.69, 9.17) is 4.74 Å². The Morgan fingerprint density at radius 3 is 2.36 bits per heavy atom. The number of pyridine rings is 1. The zero-order chi connectivity index (χ0) is 26.0. The maximum atomic E-state index is 13.1. The SMILES string of the molecule is CNC(=O)c1cc(C(=O)NC2CC2)cn(Cc2ccc3c(c2)CCN(C(=O)OC(C)(C)C)CC3)c1=O. The molecule has 0 atom stereocenters. The zero-order valence-electron chi connectivity index (χ0n) is 21.3. The minimum atomic E-state index is -0.547. The second-order valence-electron chi connectivity index (χ2n) is 10.5. The molecule has 1 saturated carbocycles.